The highest BCUT2D eigenvalue weighted by Crippen LogP contribution is 2.08. The lowest BCUT2D eigenvalue weighted by atomic mass is 10.0. The molecule has 0 saturated heterocycles. The van der Waals surface area contributed by atoms with Gasteiger partial charge in [-0.3, -0.25) is 4.79 Å². The third-order valence-corrected chi connectivity index (χ3v) is 3.46. The maximum Gasteiger partial charge on any atom is 0.150 e. The van der Waals surface area contributed by atoms with Crippen molar-refractivity contribution in [2.45, 2.75) is 46.1 Å². The number of hydrogen-bond acceptors (Lipinski definition) is 2. The molecule has 0 aliphatic rings. The highest BCUT2D eigenvalue weighted by molar-refractivity contribution is 5.74. The van der Waals surface area contributed by atoms with Gasteiger partial charge in [0.15, 0.2) is 0 Å². The third-order valence-electron chi connectivity index (χ3n) is 3.46. The Bertz CT molecular complexity index is 362. The molecule has 0 radical (unpaired) electrons. The zero-order valence-corrected chi connectivity index (χ0v) is 11.8. The number of aryl methyl sites for hydroxylation is 1. The summed E-state index contributed by atoms with van der Waals surface area (Å²) in [5.74, 6) is 0.742. The van der Waals surface area contributed by atoms with Gasteiger partial charge < -0.3 is 5.32 Å². The molecule has 2 atom stereocenters. The Labute approximate surface area is 111 Å². The molecule has 0 spiro atoms. The predicted molar refractivity (Wildman–Crippen MR) is 77.1 cm³/mol. The second-order valence-corrected chi connectivity index (χ2v) is 5.22. The Kier molecular flexibility index (Phi) is 6.66. The van der Waals surface area contributed by atoms with Crippen LogP contribution in [0.4, 0.5) is 0 Å². The average molecular weight is 247 g/mol. The first kappa shape index (κ1) is 14.9. The van der Waals surface area contributed by atoms with Crippen molar-refractivity contribution < 1.29 is 4.79 Å². The summed E-state index contributed by atoms with van der Waals surface area (Å²) in [6.07, 6.45) is 4.27. The number of carbonyl (C=O) groups is 1. The molecule has 2 nitrogen and oxygen atoms in total. The second kappa shape index (κ2) is 8.04. The topological polar surface area (TPSA) is 29.1 Å². The van der Waals surface area contributed by atoms with Crippen molar-refractivity contribution in [2.75, 3.05) is 6.54 Å². The van der Waals surface area contributed by atoms with Gasteiger partial charge in [-0.15, -0.1) is 0 Å². The van der Waals surface area contributed by atoms with Crippen molar-refractivity contribution in [1.82, 2.24) is 5.32 Å². The van der Waals surface area contributed by atoms with Crippen LogP contribution in [-0.4, -0.2) is 18.9 Å². The number of hydrogen-bond donors (Lipinski definition) is 1. The van der Waals surface area contributed by atoms with E-state index in [-0.39, 0.29) is 0 Å². The Morgan fingerprint density at radius 2 is 2.11 bits per heavy atom. The normalized spacial score (nSPS) is 14.2. The zero-order valence-electron chi connectivity index (χ0n) is 11.8. The van der Waals surface area contributed by atoms with Gasteiger partial charge >= 0.3 is 0 Å². The molecule has 18 heavy (non-hydrogen) atoms. The van der Waals surface area contributed by atoms with Crippen molar-refractivity contribution in [2.24, 2.45) is 5.92 Å². The molecule has 100 valence electrons. The van der Waals surface area contributed by atoms with Gasteiger partial charge in [-0.1, -0.05) is 38.5 Å². The van der Waals surface area contributed by atoms with Crippen LogP contribution in [0.3, 0.4) is 0 Å². The summed E-state index contributed by atoms with van der Waals surface area (Å²) in [6.45, 7) is 7.81. The maximum absolute atomic E-state index is 10.7. The van der Waals surface area contributed by atoms with Crippen LogP contribution in [0, 0.1) is 5.92 Å². The number of rotatable bonds is 8. The smallest absolute Gasteiger partial charge is 0.150 e. The molecule has 1 aromatic carbocycles. The van der Waals surface area contributed by atoms with Gasteiger partial charge in [-0.2, -0.15) is 0 Å². The lowest BCUT2D eigenvalue weighted by Crippen LogP contribution is -2.30. The predicted octanol–water partition coefficient (Wildman–Crippen LogP) is 3.46. The minimum Gasteiger partial charge on any atom is -0.314 e. The van der Waals surface area contributed by atoms with Crippen LogP contribution in [0.5, 0.6) is 0 Å². The molecular weight excluding hydrogens is 222 g/mol. The van der Waals surface area contributed by atoms with E-state index in [4.69, 9.17) is 0 Å². The lowest BCUT2D eigenvalue weighted by molar-refractivity contribution is 0.112. The van der Waals surface area contributed by atoms with Crippen LogP contribution < -0.4 is 5.32 Å². The Hall–Kier alpha value is -1.15. The maximum atomic E-state index is 10.7. The Balaban J connectivity index is 2.33. The van der Waals surface area contributed by atoms with E-state index >= 15 is 0 Å². The first-order chi connectivity index (χ1) is 8.65. The summed E-state index contributed by atoms with van der Waals surface area (Å²) in [6, 6.07) is 8.40. The molecule has 1 N–H and O–H groups in total. The van der Waals surface area contributed by atoms with E-state index in [0.717, 1.165) is 37.2 Å². The molecule has 0 fully saturated rings. The third kappa shape index (κ3) is 5.46. The minimum atomic E-state index is 0.527. The molecule has 0 saturated carbocycles. The van der Waals surface area contributed by atoms with Crippen LogP contribution in [0.2, 0.25) is 0 Å². The molecule has 0 heterocycles. The number of nitrogens with one attached hydrogen (secondary N) is 1. The summed E-state index contributed by atoms with van der Waals surface area (Å²) in [5, 5.41) is 3.56. The molecule has 2 heteroatoms. The molecule has 0 aliphatic heterocycles. The zero-order chi connectivity index (χ0) is 13.4. The van der Waals surface area contributed by atoms with Crippen molar-refractivity contribution in [1.29, 1.82) is 0 Å². The largest absolute Gasteiger partial charge is 0.314 e. The van der Waals surface area contributed by atoms with Crippen LogP contribution in [0.15, 0.2) is 24.3 Å². The van der Waals surface area contributed by atoms with Crippen molar-refractivity contribution in [3.05, 3.63) is 35.4 Å². The molecule has 1 rings (SSSR count). The SMILES string of the molecule is CCC(C)CNC(C)CCc1cccc(C=O)c1. The quantitative estimate of drug-likeness (QED) is 0.713. The molecule has 0 aromatic heterocycles. The van der Waals surface area contributed by atoms with E-state index in [1.807, 2.05) is 18.2 Å². The van der Waals surface area contributed by atoms with Crippen LogP contribution in [0.1, 0.15) is 49.5 Å². The fraction of sp³-hybridized carbons (Fsp3) is 0.562. The van der Waals surface area contributed by atoms with Crippen molar-refractivity contribution >= 4 is 6.29 Å². The summed E-state index contributed by atoms with van der Waals surface area (Å²) in [7, 11) is 0. The van der Waals surface area contributed by atoms with Gasteiger partial charge in [0, 0.05) is 11.6 Å². The molecule has 0 aliphatic carbocycles. The van der Waals surface area contributed by atoms with Gasteiger partial charge in [-0.05, 0) is 43.9 Å². The summed E-state index contributed by atoms with van der Waals surface area (Å²) in [5.41, 5.74) is 2.02. The molecule has 1 aromatic rings. The van der Waals surface area contributed by atoms with Crippen LogP contribution in [0.25, 0.3) is 0 Å². The van der Waals surface area contributed by atoms with Crippen LogP contribution >= 0.6 is 0 Å². The van der Waals surface area contributed by atoms with Gasteiger partial charge in [0.2, 0.25) is 0 Å². The van der Waals surface area contributed by atoms with E-state index in [1.165, 1.54) is 12.0 Å². The molecule has 0 bridgehead atoms. The van der Waals surface area contributed by atoms with Gasteiger partial charge in [0.1, 0.15) is 6.29 Å². The monoisotopic (exact) mass is 247 g/mol. The summed E-state index contributed by atoms with van der Waals surface area (Å²) < 4.78 is 0. The highest BCUT2D eigenvalue weighted by atomic mass is 16.1. The average Bonchev–Trinajstić information content (AvgIpc) is 2.42. The fourth-order valence-electron chi connectivity index (χ4n) is 1.85. The van der Waals surface area contributed by atoms with Gasteiger partial charge in [0.05, 0.1) is 0 Å². The molecular formula is C16H25NO. The van der Waals surface area contributed by atoms with Crippen molar-refractivity contribution in [3.8, 4) is 0 Å². The summed E-state index contributed by atoms with van der Waals surface area (Å²) >= 11 is 0. The van der Waals surface area contributed by atoms with E-state index in [2.05, 4.69) is 32.2 Å². The Morgan fingerprint density at radius 3 is 2.78 bits per heavy atom. The summed E-state index contributed by atoms with van der Waals surface area (Å²) in [4.78, 5) is 10.7. The molecule has 2 unspecified atom stereocenters. The van der Waals surface area contributed by atoms with Crippen molar-refractivity contribution in [3.63, 3.8) is 0 Å². The van der Waals surface area contributed by atoms with E-state index in [0.29, 0.717) is 6.04 Å². The number of benzene rings is 1. The van der Waals surface area contributed by atoms with Gasteiger partial charge in [0.25, 0.3) is 0 Å². The minimum absolute atomic E-state index is 0.527. The highest BCUT2D eigenvalue weighted by Gasteiger charge is 2.05. The first-order valence-electron chi connectivity index (χ1n) is 6.93. The Morgan fingerprint density at radius 1 is 1.33 bits per heavy atom. The van der Waals surface area contributed by atoms with E-state index in [9.17, 15) is 4.79 Å². The first-order valence-corrected chi connectivity index (χ1v) is 6.93. The standard InChI is InChI=1S/C16H25NO/c1-4-13(2)11-17-14(3)8-9-15-6-5-7-16(10-15)12-18/h5-7,10,12-14,17H,4,8-9,11H2,1-3H3. The lowest BCUT2D eigenvalue weighted by Gasteiger charge is -2.16. The number of carbonyl (C=O) groups excluding carboxylic acids is 1. The van der Waals surface area contributed by atoms with E-state index in [1.54, 1.807) is 0 Å². The molecule has 0 amide bonds. The van der Waals surface area contributed by atoms with E-state index < -0.39 is 0 Å². The second-order valence-electron chi connectivity index (χ2n) is 5.22. The van der Waals surface area contributed by atoms with Crippen LogP contribution in [-0.2, 0) is 6.42 Å². The van der Waals surface area contributed by atoms with Gasteiger partial charge in [-0.25, -0.2) is 0 Å². The fourth-order valence-corrected chi connectivity index (χ4v) is 1.85. The number of aldehydes is 1.